The molecule has 1 aromatic carbocycles. The maximum Gasteiger partial charge on any atom is 0.421 e. The number of alkyl halides is 3. The van der Waals surface area contributed by atoms with Crippen LogP contribution in [0.1, 0.15) is 36.6 Å². The van der Waals surface area contributed by atoms with Gasteiger partial charge in [-0.05, 0) is 52.0 Å². The number of anilines is 2. The lowest BCUT2D eigenvalue weighted by Crippen LogP contribution is -2.55. The minimum Gasteiger partial charge on any atom is -0.462 e. The Bertz CT molecular complexity index is 1510. The first kappa shape index (κ1) is 34.4. The monoisotopic (exact) mass is 658 g/mol. The number of fused-ring (bicyclic) bond motifs is 1. The van der Waals surface area contributed by atoms with E-state index < -0.39 is 23.6 Å². The van der Waals surface area contributed by atoms with Gasteiger partial charge in [0.25, 0.3) is 0 Å². The molecule has 2 fully saturated rings. The molecule has 1 amide bonds. The van der Waals surface area contributed by atoms with E-state index in [-0.39, 0.29) is 43.2 Å². The molecule has 1 aromatic heterocycles. The highest BCUT2D eigenvalue weighted by Crippen LogP contribution is 2.41. The topological polar surface area (TPSA) is 92.1 Å². The largest absolute Gasteiger partial charge is 0.462 e. The zero-order chi connectivity index (χ0) is 33.9. The summed E-state index contributed by atoms with van der Waals surface area (Å²) in [5.74, 6) is -0.381. The minimum atomic E-state index is -4.87. The van der Waals surface area contributed by atoms with Gasteiger partial charge >= 0.3 is 12.2 Å². The van der Waals surface area contributed by atoms with Crippen LogP contribution in [0.25, 0.3) is 0 Å². The number of hydrogen-bond acceptors (Lipinski definition) is 9. The molecular formula is C33H42F4N8O2. The van der Waals surface area contributed by atoms with Gasteiger partial charge in [-0.1, -0.05) is 19.1 Å². The number of rotatable bonds is 9. The Morgan fingerprint density at radius 3 is 2.62 bits per heavy atom. The summed E-state index contributed by atoms with van der Waals surface area (Å²) in [4.78, 5) is 32.0. The summed E-state index contributed by atoms with van der Waals surface area (Å²) in [5.41, 5.74) is -0.265. The fraction of sp³-hybridized carbons (Fsp3) is 0.576. The van der Waals surface area contributed by atoms with E-state index in [0.717, 1.165) is 24.6 Å². The molecule has 0 saturated carbocycles. The summed E-state index contributed by atoms with van der Waals surface area (Å²) < 4.78 is 62.5. The number of likely N-dealkylation sites (tertiary alicyclic amines) is 1. The Kier molecular flexibility index (Phi) is 10.6. The first-order chi connectivity index (χ1) is 22.3. The molecule has 0 bridgehead atoms. The number of hydrogen-bond donors (Lipinski definition) is 0. The minimum absolute atomic E-state index is 0.00482. The molecule has 14 heteroatoms. The molecule has 3 aliphatic heterocycles. The Hall–Kier alpha value is -3.96. The number of aromatic nitrogens is 2. The average Bonchev–Trinajstić information content (AvgIpc) is 3.34. The quantitative estimate of drug-likeness (QED) is 0.293. The Balaban J connectivity index is 1.45. The molecule has 2 aromatic rings. The van der Waals surface area contributed by atoms with Crippen LogP contribution in [-0.2, 0) is 23.9 Å². The van der Waals surface area contributed by atoms with Gasteiger partial charge in [0.05, 0.1) is 36.5 Å². The summed E-state index contributed by atoms with van der Waals surface area (Å²) in [5, 5.41) is 9.62. The SMILES string of the molecule is C[C@@H]1C[C@@H](COc2nc3c(c(N4CCN(C(=O)/C=C/CN(C)C)[C@@H](CC#N)C4)n2)CCN(c2cccc(F)c2C(F)(F)F)C3)N(C)C1. The Labute approximate surface area is 273 Å². The van der Waals surface area contributed by atoms with Crippen LogP contribution in [0, 0.1) is 23.1 Å². The number of nitrogens with zero attached hydrogens (tertiary/aromatic N) is 8. The predicted octanol–water partition coefficient (Wildman–Crippen LogP) is 3.96. The Morgan fingerprint density at radius 2 is 1.94 bits per heavy atom. The van der Waals surface area contributed by atoms with E-state index in [2.05, 4.69) is 22.9 Å². The molecule has 3 atom stereocenters. The van der Waals surface area contributed by atoms with Crippen LogP contribution >= 0.6 is 0 Å². The third-order valence-electron chi connectivity index (χ3n) is 9.06. The molecule has 5 rings (SSSR count). The molecule has 0 unspecified atom stereocenters. The van der Waals surface area contributed by atoms with Gasteiger partial charge in [0, 0.05) is 56.9 Å². The zero-order valence-corrected chi connectivity index (χ0v) is 27.3. The van der Waals surface area contributed by atoms with E-state index in [4.69, 9.17) is 9.72 Å². The van der Waals surface area contributed by atoms with E-state index in [9.17, 15) is 27.6 Å². The second kappa shape index (κ2) is 14.4. The number of carbonyl (C=O) groups excluding carboxylic acids is 1. The number of ether oxygens (including phenoxy) is 1. The second-order valence-corrected chi connectivity index (χ2v) is 13.0. The normalized spacial score (nSPS) is 22.2. The third kappa shape index (κ3) is 7.96. The highest BCUT2D eigenvalue weighted by atomic mass is 19.4. The van der Waals surface area contributed by atoms with E-state index in [0.29, 0.717) is 56.6 Å². The van der Waals surface area contributed by atoms with Gasteiger partial charge in [0.1, 0.15) is 23.8 Å². The van der Waals surface area contributed by atoms with Crippen molar-refractivity contribution in [2.45, 2.75) is 51.0 Å². The number of piperazine rings is 1. The van der Waals surface area contributed by atoms with Crippen LogP contribution in [0.3, 0.4) is 0 Å². The Morgan fingerprint density at radius 1 is 1.15 bits per heavy atom. The van der Waals surface area contributed by atoms with Gasteiger partial charge in [-0.2, -0.15) is 28.4 Å². The molecule has 0 radical (unpaired) electrons. The summed E-state index contributed by atoms with van der Waals surface area (Å²) in [6.07, 6.45) is -0.145. The van der Waals surface area contributed by atoms with Crippen molar-refractivity contribution in [1.29, 1.82) is 5.26 Å². The van der Waals surface area contributed by atoms with Crippen molar-refractivity contribution in [3.63, 3.8) is 0 Å². The van der Waals surface area contributed by atoms with E-state index >= 15 is 0 Å². The fourth-order valence-corrected chi connectivity index (χ4v) is 6.78. The standard InChI is InChI=1S/C33H42F4N8O2/c1-22-17-24(42(4)18-22)21-47-32-39-27-20-43(28-8-5-7-26(34)30(28)33(35,36)37)14-11-25(27)31(40-32)44-15-16-45(23(19-44)10-12-38)29(46)9-6-13-41(2)3/h5-9,22-24H,10-11,13-21H2,1-4H3/b9-6+/t22-,23+,24+/m1/s1. The molecule has 254 valence electrons. The van der Waals surface area contributed by atoms with E-state index in [1.54, 1.807) is 11.0 Å². The zero-order valence-electron chi connectivity index (χ0n) is 27.3. The molecule has 0 spiro atoms. The number of likely N-dealkylation sites (N-methyl/N-ethyl adjacent to an activating group) is 2. The maximum absolute atomic E-state index is 14.5. The van der Waals surface area contributed by atoms with Gasteiger partial charge in [-0.3, -0.25) is 9.69 Å². The highest BCUT2D eigenvalue weighted by molar-refractivity contribution is 5.88. The van der Waals surface area contributed by atoms with Crippen molar-refractivity contribution >= 4 is 17.4 Å². The van der Waals surface area contributed by atoms with Crippen molar-refractivity contribution in [2.24, 2.45) is 5.92 Å². The molecule has 10 nitrogen and oxygen atoms in total. The van der Waals surface area contributed by atoms with Gasteiger partial charge in [-0.25, -0.2) is 4.39 Å². The van der Waals surface area contributed by atoms with Crippen molar-refractivity contribution in [2.75, 3.05) is 76.8 Å². The van der Waals surface area contributed by atoms with Crippen molar-refractivity contribution in [3.8, 4) is 12.1 Å². The number of benzene rings is 1. The molecule has 0 N–H and O–H groups in total. The highest BCUT2D eigenvalue weighted by Gasteiger charge is 2.40. The summed E-state index contributed by atoms with van der Waals surface area (Å²) in [6, 6.07) is 5.47. The summed E-state index contributed by atoms with van der Waals surface area (Å²) in [7, 11) is 5.86. The first-order valence-electron chi connectivity index (χ1n) is 15.9. The lowest BCUT2D eigenvalue weighted by Gasteiger charge is -2.42. The van der Waals surface area contributed by atoms with Crippen LogP contribution in [0.5, 0.6) is 6.01 Å². The molecule has 0 aliphatic carbocycles. The van der Waals surface area contributed by atoms with Gasteiger partial charge < -0.3 is 24.3 Å². The van der Waals surface area contributed by atoms with Crippen LogP contribution < -0.4 is 14.5 Å². The lowest BCUT2D eigenvalue weighted by molar-refractivity contribution is -0.139. The van der Waals surface area contributed by atoms with Crippen molar-refractivity contribution < 1.29 is 27.1 Å². The fourth-order valence-electron chi connectivity index (χ4n) is 6.78. The molecule has 47 heavy (non-hydrogen) atoms. The number of halogens is 4. The van der Waals surface area contributed by atoms with Gasteiger partial charge in [0.15, 0.2) is 0 Å². The van der Waals surface area contributed by atoms with Crippen LogP contribution in [0.2, 0.25) is 0 Å². The predicted molar refractivity (Wildman–Crippen MR) is 170 cm³/mol. The molecule has 4 heterocycles. The van der Waals surface area contributed by atoms with E-state index in [1.807, 2.05) is 30.9 Å². The molecule has 3 aliphatic rings. The van der Waals surface area contributed by atoms with Crippen LogP contribution in [-0.4, -0.2) is 110 Å². The average molecular weight is 659 g/mol. The third-order valence-corrected chi connectivity index (χ3v) is 9.06. The summed E-state index contributed by atoms with van der Waals surface area (Å²) in [6.45, 7) is 5.43. The van der Waals surface area contributed by atoms with Gasteiger partial charge in [-0.15, -0.1) is 0 Å². The maximum atomic E-state index is 14.5. The summed E-state index contributed by atoms with van der Waals surface area (Å²) >= 11 is 0. The molecule has 2 saturated heterocycles. The number of carbonyl (C=O) groups is 1. The second-order valence-electron chi connectivity index (χ2n) is 13.0. The van der Waals surface area contributed by atoms with Crippen LogP contribution in [0.15, 0.2) is 30.4 Å². The smallest absolute Gasteiger partial charge is 0.421 e. The number of nitriles is 1. The van der Waals surface area contributed by atoms with Crippen molar-refractivity contribution in [1.82, 2.24) is 24.7 Å². The van der Waals surface area contributed by atoms with Crippen LogP contribution in [0.4, 0.5) is 29.1 Å². The van der Waals surface area contributed by atoms with Gasteiger partial charge in [0.2, 0.25) is 5.91 Å². The van der Waals surface area contributed by atoms with Crippen molar-refractivity contribution in [3.05, 3.63) is 53.0 Å². The lowest BCUT2D eigenvalue weighted by atomic mass is 10.0. The number of amides is 1. The van der Waals surface area contributed by atoms with E-state index in [1.165, 1.54) is 23.1 Å². The molecular weight excluding hydrogens is 616 g/mol. The first-order valence-corrected chi connectivity index (χ1v) is 15.9.